The van der Waals surface area contributed by atoms with E-state index in [0.29, 0.717) is 5.69 Å². The fourth-order valence-corrected chi connectivity index (χ4v) is 3.85. The quantitative estimate of drug-likeness (QED) is 0.650. The van der Waals surface area contributed by atoms with Crippen molar-refractivity contribution in [2.75, 3.05) is 12.4 Å². The van der Waals surface area contributed by atoms with Crippen molar-refractivity contribution in [3.05, 3.63) is 58.9 Å². The van der Waals surface area contributed by atoms with Crippen LogP contribution in [0.25, 0.3) is 0 Å². The van der Waals surface area contributed by atoms with E-state index in [1.165, 1.54) is 42.3 Å². The zero-order chi connectivity index (χ0) is 22.1. The molecular formula is C19H14ClF4N3O2S. The number of carbonyl (C=O) groups excluding carboxylic acids is 2. The lowest BCUT2D eigenvalue weighted by Gasteiger charge is -2.28. The number of anilines is 1. The van der Waals surface area contributed by atoms with Crippen LogP contribution >= 0.6 is 23.4 Å². The molecule has 0 unspecified atom stereocenters. The smallest absolute Gasteiger partial charge is 0.325 e. The van der Waals surface area contributed by atoms with E-state index in [-0.39, 0.29) is 17.3 Å². The molecule has 0 saturated carbocycles. The Labute approximate surface area is 178 Å². The van der Waals surface area contributed by atoms with Crippen LogP contribution in [0.1, 0.15) is 12.0 Å². The van der Waals surface area contributed by atoms with Gasteiger partial charge in [-0.15, -0.1) is 0 Å². The second-order valence-electron chi connectivity index (χ2n) is 6.32. The summed E-state index contributed by atoms with van der Waals surface area (Å²) in [5.41, 5.74) is -0.765. The Morgan fingerprint density at radius 1 is 1.23 bits per heavy atom. The topological polar surface area (TPSA) is 61.8 Å². The van der Waals surface area contributed by atoms with Gasteiger partial charge in [0.2, 0.25) is 11.8 Å². The van der Waals surface area contributed by atoms with Crippen LogP contribution in [0, 0.1) is 5.82 Å². The largest absolute Gasteiger partial charge is 0.417 e. The van der Waals surface area contributed by atoms with Gasteiger partial charge in [-0.2, -0.15) is 13.2 Å². The lowest BCUT2D eigenvalue weighted by atomic mass is 10.2. The predicted octanol–water partition coefficient (Wildman–Crippen LogP) is 5.09. The fraction of sp³-hybridized carbons (Fsp3) is 0.211. The zero-order valence-electron chi connectivity index (χ0n) is 15.3. The molecule has 0 bridgehead atoms. The molecule has 1 fully saturated rings. The van der Waals surface area contributed by atoms with Crippen LogP contribution in [-0.2, 0) is 15.8 Å². The van der Waals surface area contributed by atoms with Gasteiger partial charge in [0.05, 0.1) is 16.3 Å². The first-order valence-electron chi connectivity index (χ1n) is 8.49. The summed E-state index contributed by atoms with van der Waals surface area (Å²) in [6.45, 7) is 0. The molecule has 0 aromatic heterocycles. The highest BCUT2D eigenvalue weighted by atomic mass is 35.5. The molecule has 30 heavy (non-hydrogen) atoms. The van der Waals surface area contributed by atoms with E-state index in [4.69, 9.17) is 11.6 Å². The van der Waals surface area contributed by atoms with Crippen molar-refractivity contribution >= 4 is 51.7 Å². The third kappa shape index (κ3) is 5.11. The van der Waals surface area contributed by atoms with Crippen LogP contribution in [0.2, 0.25) is 5.02 Å². The minimum absolute atomic E-state index is 0.0616. The second kappa shape index (κ2) is 8.65. The van der Waals surface area contributed by atoms with Crippen molar-refractivity contribution in [3.63, 3.8) is 0 Å². The van der Waals surface area contributed by atoms with E-state index >= 15 is 0 Å². The molecule has 0 radical (unpaired) electrons. The molecule has 1 aliphatic heterocycles. The maximum absolute atomic E-state index is 13.1. The van der Waals surface area contributed by atoms with Crippen molar-refractivity contribution in [1.82, 2.24) is 4.90 Å². The van der Waals surface area contributed by atoms with Gasteiger partial charge in [-0.1, -0.05) is 23.4 Å². The number of nitrogens with one attached hydrogen (secondary N) is 1. The van der Waals surface area contributed by atoms with Crippen LogP contribution in [-0.4, -0.2) is 34.2 Å². The molecule has 1 heterocycles. The standard InChI is InChI=1S/C19H14ClF4N3O2S/c1-27-16(28)9-15(17(29)25-11-4-2-10(21)3-5-11)30-18(27)26-12-6-7-14(20)13(8-12)19(22,23)24/h2-8,15H,9H2,1H3,(H,25,29)/t15-/m1/s1. The Balaban J connectivity index is 1.83. The van der Waals surface area contributed by atoms with Gasteiger partial charge < -0.3 is 5.32 Å². The van der Waals surface area contributed by atoms with Gasteiger partial charge in [0, 0.05) is 19.2 Å². The predicted molar refractivity (Wildman–Crippen MR) is 107 cm³/mol. The van der Waals surface area contributed by atoms with Gasteiger partial charge in [0.25, 0.3) is 0 Å². The molecule has 1 aliphatic rings. The number of hydrogen-bond acceptors (Lipinski definition) is 4. The maximum atomic E-state index is 13.1. The monoisotopic (exact) mass is 459 g/mol. The minimum Gasteiger partial charge on any atom is -0.325 e. The molecule has 11 heteroatoms. The molecule has 2 amide bonds. The Morgan fingerprint density at radius 3 is 2.53 bits per heavy atom. The number of benzene rings is 2. The van der Waals surface area contributed by atoms with Gasteiger partial charge in [-0.25, -0.2) is 9.38 Å². The van der Waals surface area contributed by atoms with Crippen molar-refractivity contribution in [3.8, 4) is 0 Å². The van der Waals surface area contributed by atoms with E-state index in [2.05, 4.69) is 10.3 Å². The summed E-state index contributed by atoms with van der Waals surface area (Å²) < 4.78 is 52.2. The number of thioether (sulfide) groups is 1. The first-order valence-corrected chi connectivity index (χ1v) is 9.75. The SMILES string of the molecule is CN1C(=O)C[C@H](C(=O)Nc2ccc(F)cc2)SC1=Nc1ccc(Cl)c(C(F)(F)F)c1. The number of amides is 2. The van der Waals surface area contributed by atoms with Crippen LogP contribution < -0.4 is 5.32 Å². The fourth-order valence-electron chi connectivity index (χ4n) is 2.56. The Hall–Kier alpha value is -2.59. The average molecular weight is 460 g/mol. The molecule has 5 nitrogen and oxygen atoms in total. The van der Waals surface area contributed by atoms with E-state index in [1.807, 2.05) is 0 Å². The molecule has 3 rings (SSSR count). The normalized spacial score (nSPS) is 18.6. The van der Waals surface area contributed by atoms with Crippen LogP contribution in [0.5, 0.6) is 0 Å². The summed E-state index contributed by atoms with van der Waals surface area (Å²) >= 11 is 6.55. The Bertz CT molecular complexity index is 1010. The minimum atomic E-state index is -4.66. The van der Waals surface area contributed by atoms with Gasteiger partial charge >= 0.3 is 6.18 Å². The summed E-state index contributed by atoms with van der Waals surface area (Å²) in [6.07, 6.45) is -4.78. The van der Waals surface area contributed by atoms with E-state index in [9.17, 15) is 27.2 Å². The van der Waals surface area contributed by atoms with E-state index in [0.717, 1.165) is 23.9 Å². The average Bonchev–Trinajstić information content (AvgIpc) is 2.67. The van der Waals surface area contributed by atoms with Crippen molar-refractivity contribution in [1.29, 1.82) is 0 Å². The molecule has 1 saturated heterocycles. The van der Waals surface area contributed by atoms with E-state index in [1.54, 1.807) is 0 Å². The van der Waals surface area contributed by atoms with Gasteiger partial charge in [0.15, 0.2) is 5.17 Å². The maximum Gasteiger partial charge on any atom is 0.417 e. The molecule has 0 spiro atoms. The van der Waals surface area contributed by atoms with Crippen molar-refractivity contribution in [2.24, 2.45) is 4.99 Å². The summed E-state index contributed by atoms with van der Waals surface area (Å²) in [4.78, 5) is 30.1. The molecule has 0 aliphatic carbocycles. The molecule has 1 atom stereocenters. The number of nitrogens with zero attached hydrogens (tertiary/aromatic N) is 2. The van der Waals surface area contributed by atoms with Gasteiger partial charge in [0.1, 0.15) is 11.1 Å². The molecular weight excluding hydrogens is 446 g/mol. The summed E-state index contributed by atoms with van der Waals surface area (Å²) in [7, 11) is 1.42. The number of carbonyl (C=O) groups is 2. The first kappa shape index (κ1) is 22.1. The molecule has 158 valence electrons. The van der Waals surface area contributed by atoms with Gasteiger partial charge in [-0.3, -0.25) is 14.5 Å². The number of hydrogen-bond donors (Lipinski definition) is 1. The Kier molecular flexibility index (Phi) is 6.37. The Morgan fingerprint density at radius 2 is 1.90 bits per heavy atom. The van der Waals surface area contributed by atoms with Crippen LogP contribution in [0.4, 0.5) is 28.9 Å². The highest BCUT2D eigenvalue weighted by Crippen LogP contribution is 2.37. The highest BCUT2D eigenvalue weighted by molar-refractivity contribution is 8.15. The number of rotatable bonds is 3. The molecule has 2 aromatic carbocycles. The van der Waals surface area contributed by atoms with Crippen LogP contribution in [0.15, 0.2) is 47.5 Å². The summed E-state index contributed by atoms with van der Waals surface area (Å²) in [6, 6.07) is 8.22. The first-order chi connectivity index (χ1) is 14.0. The number of amidine groups is 1. The number of alkyl halides is 3. The van der Waals surface area contributed by atoms with Crippen molar-refractivity contribution in [2.45, 2.75) is 17.8 Å². The van der Waals surface area contributed by atoms with Gasteiger partial charge in [-0.05, 0) is 42.5 Å². The summed E-state index contributed by atoms with van der Waals surface area (Å²) in [5.74, 6) is -1.39. The van der Waals surface area contributed by atoms with E-state index < -0.39 is 39.6 Å². The summed E-state index contributed by atoms with van der Waals surface area (Å²) in [5, 5.41) is 1.32. The molecule has 2 aromatic rings. The lowest BCUT2D eigenvalue weighted by Crippen LogP contribution is -2.43. The highest BCUT2D eigenvalue weighted by Gasteiger charge is 2.35. The second-order valence-corrected chi connectivity index (χ2v) is 7.89. The third-order valence-electron chi connectivity index (χ3n) is 4.15. The number of halogens is 5. The third-order valence-corrected chi connectivity index (χ3v) is 5.72. The lowest BCUT2D eigenvalue weighted by molar-refractivity contribution is -0.137. The van der Waals surface area contributed by atoms with Crippen LogP contribution in [0.3, 0.4) is 0 Å². The zero-order valence-corrected chi connectivity index (χ0v) is 16.9. The molecule has 1 N–H and O–H groups in total. The van der Waals surface area contributed by atoms with Crippen molar-refractivity contribution < 1.29 is 27.2 Å². The number of aliphatic imine (C=N–C) groups is 1.